The van der Waals surface area contributed by atoms with Gasteiger partial charge in [-0.25, -0.2) is 9.37 Å². The second kappa shape index (κ2) is 7.89. The van der Waals surface area contributed by atoms with E-state index in [2.05, 4.69) is 10.1 Å². The van der Waals surface area contributed by atoms with Gasteiger partial charge < -0.3 is 10.5 Å². The fourth-order valence-corrected chi connectivity index (χ4v) is 3.63. The van der Waals surface area contributed by atoms with Crippen LogP contribution in [0.1, 0.15) is 16.1 Å². The summed E-state index contributed by atoms with van der Waals surface area (Å²) in [5, 5.41) is 4.53. The molecule has 3 aromatic rings. The smallest absolute Gasteiger partial charge is 0.366 e. The van der Waals surface area contributed by atoms with Crippen molar-refractivity contribution in [3.8, 4) is 11.1 Å². The third-order valence-corrected chi connectivity index (χ3v) is 5.18. The van der Waals surface area contributed by atoms with Gasteiger partial charge in [0.25, 0.3) is 5.91 Å². The van der Waals surface area contributed by atoms with Gasteiger partial charge in [0.1, 0.15) is 11.2 Å². The Labute approximate surface area is 174 Å². The lowest BCUT2D eigenvalue weighted by atomic mass is 10.00. The third kappa shape index (κ3) is 4.23. The molecule has 1 saturated heterocycles. The van der Waals surface area contributed by atoms with Gasteiger partial charge in [-0.2, -0.15) is 18.3 Å². The van der Waals surface area contributed by atoms with E-state index in [4.69, 9.17) is 10.5 Å². The maximum absolute atomic E-state index is 15.4. The summed E-state index contributed by atoms with van der Waals surface area (Å²) in [6, 6.07) is 4.62. The molecule has 1 fully saturated rings. The Hall–Kier alpha value is -3.05. The molecule has 164 valence electrons. The molecular weight excluding hydrogens is 418 g/mol. The molecule has 2 aromatic heterocycles. The molecule has 0 saturated carbocycles. The minimum Gasteiger partial charge on any atom is -0.366 e. The molecular formula is C20H19F4N5O2. The first-order chi connectivity index (χ1) is 14.6. The summed E-state index contributed by atoms with van der Waals surface area (Å²) < 4.78 is 60.7. The number of pyridine rings is 1. The number of fused-ring (bicyclic) bond motifs is 1. The van der Waals surface area contributed by atoms with Gasteiger partial charge >= 0.3 is 6.18 Å². The second-order valence-electron chi connectivity index (χ2n) is 7.39. The number of carbonyl (C=O) groups is 1. The van der Waals surface area contributed by atoms with Crippen molar-refractivity contribution in [2.24, 2.45) is 12.8 Å². The number of morpholine rings is 1. The number of aromatic nitrogens is 3. The Morgan fingerprint density at radius 3 is 2.77 bits per heavy atom. The lowest BCUT2D eigenvalue weighted by Gasteiger charge is -2.33. The van der Waals surface area contributed by atoms with Gasteiger partial charge in [0.2, 0.25) is 0 Å². The fraction of sp³-hybridized carbons (Fsp3) is 0.350. The topological polar surface area (TPSA) is 86.3 Å². The van der Waals surface area contributed by atoms with E-state index in [-0.39, 0.29) is 36.5 Å². The Morgan fingerprint density at radius 1 is 1.35 bits per heavy atom. The highest BCUT2D eigenvalue weighted by Crippen LogP contribution is 2.32. The SMILES string of the molecule is Cn1cc(-c2cc(C(N)=O)nc3c(F)c(CN4CCOC(C(F)(F)F)C4)ccc23)cn1. The van der Waals surface area contributed by atoms with Crippen LogP contribution in [-0.4, -0.2) is 57.5 Å². The number of hydrogen-bond donors (Lipinski definition) is 1. The number of halogens is 4. The fourth-order valence-electron chi connectivity index (χ4n) is 3.63. The summed E-state index contributed by atoms with van der Waals surface area (Å²) in [7, 11) is 1.72. The van der Waals surface area contributed by atoms with E-state index < -0.39 is 30.5 Å². The molecule has 0 aliphatic carbocycles. The van der Waals surface area contributed by atoms with Crippen molar-refractivity contribution in [3.05, 3.63) is 47.7 Å². The number of primary amides is 1. The van der Waals surface area contributed by atoms with Gasteiger partial charge in [0, 0.05) is 49.4 Å². The lowest BCUT2D eigenvalue weighted by molar-refractivity contribution is -0.237. The van der Waals surface area contributed by atoms with Crippen molar-refractivity contribution in [2.75, 3.05) is 19.7 Å². The molecule has 0 spiro atoms. The van der Waals surface area contributed by atoms with Crippen LogP contribution in [0.2, 0.25) is 0 Å². The van der Waals surface area contributed by atoms with Crippen LogP contribution in [0.4, 0.5) is 17.6 Å². The zero-order valence-electron chi connectivity index (χ0n) is 16.5. The number of nitrogens with zero attached hydrogens (tertiary/aromatic N) is 4. The standard InChI is InChI=1S/C20H19F4N5O2/c1-28-8-12(7-26-28)14-6-15(19(25)30)27-18-13(14)3-2-11(17(18)21)9-29-4-5-31-16(10-29)20(22,23)24/h2-3,6-8,16H,4-5,9-10H2,1H3,(H2,25,30). The van der Waals surface area contributed by atoms with Gasteiger partial charge in [-0.3, -0.25) is 14.4 Å². The molecule has 1 aliphatic rings. The van der Waals surface area contributed by atoms with E-state index in [1.807, 2.05) is 0 Å². The number of rotatable bonds is 4. The van der Waals surface area contributed by atoms with Crippen LogP contribution in [0.5, 0.6) is 0 Å². The highest BCUT2D eigenvalue weighted by atomic mass is 19.4. The van der Waals surface area contributed by atoms with Crippen molar-refractivity contribution >= 4 is 16.8 Å². The highest BCUT2D eigenvalue weighted by molar-refractivity contribution is 6.01. The maximum Gasteiger partial charge on any atom is 0.415 e. The van der Waals surface area contributed by atoms with Crippen molar-refractivity contribution < 1.29 is 27.1 Å². The quantitative estimate of drug-likeness (QED) is 0.635. The number of hydrogen-bond acceptors (Lipinski definition) is 5. The van der Waals surface area contributed by atoms with E-state index in [0.717, 1.165) is 0 Å². The van der Waals surface area contributed by atoms with Crippen molar-refractivity contribution in [3.63, 3.8) is 0 Å². The molecule has 1 aliphatic heterocycles. The zero-order chi connectivity index (χ0) is 22.3. The molecule has 3 heterocycles. The lowest BCUT2D eigenvalue weighted by Crippen LogP contribution is -2.48. The van der Waals surface area contributed by atoms with Crippen LogP contribution in [0.15, 0.2) is 30.6 Å². The Kier molecular flexibility index (Phi) is 5.40. The maximum atomic E-state index is 15.4. The number of carbonyl (C=O) groups excluding carboxylic acids is 1. The predicted molar refractivity (Wildman–Crippen MR) is 103 cm³/mol. The van der Waals surface area contributed by atoms with Crippen molar-refractivity contribution in [1.82, 2.24) is 19.7 Å². The Bertz CT molecular complexity index is 1140. The van der Waals surface area contributed by atoms with Crippen LogP contribution in [0.25, 0.3) is 22.0 Å². The first-order valence-electron chi connectivity index (χ1n) is 9.45. The minimum atomic E-state index is -4.49. The van der Waals surface area contributed by atoms with Crippen LogP contribution in [0.3, 0.4) is 0 Å². The van der Waals surface area contributed by atoms with Gasteiger partial charge in [-0.1, -0.05) is 12.1 Å². The van der Waals surface area contributed by atoms with E-state index in [0.29, 0.717) is 16.5 Å². The molecule has 0 radical (unpaired) electrons. The van der Waals surface area contributed by atoms with Gasteiger partial charge in [-0.15, -0.1) is 0 Å². The average molecular weight is 437 g/mol. The number of amides is 1. The number of alkyl halides is 3. The van der Waals surface area contributed by atoms with Gasteiger partial charge in [0.15, 0.2) is 11.9 Å². The normalized spacial score (nSPS) is 17.9. The van der Waals surface area contributed by atoms with Gasteiger partial charge in [-0.05, 0) is 11.6 Å². The Balaban J connectivity index is 1.74. The largest absolute Gasteiger partial charge is 0.415 e. The first-order valence-corrected chi connectivity index (χ1v) is 9.45. The van der Waals surface area contributed by atoms with Crippen LogP contribution < -0.4 is 5.73 Å². The summed E-state index contributed by atoms with van der Waals surface area (Å²) in [5.41, 5.74) is 6.52. The number of aryl methyl sites for hydroxylation is 1. The minimum absolute atomic E-state index is 0.0532. The van der Waals surface area contributed by atoms with Crippen molar-refractivity contribution in [2.45, 2.75) is 18.8 Å². The number of benzene rings is 1. The zero-order valence-corrected chi connectivity index (χ0v) is 16.5. The summed E-state index contributed by atoms with van der Waals surface area (Å²) >= 11 is 0. The third-order valence-electron chi connectivity index (χ3n) is 5.18. The second-order valence-corrected chi connectivity index (χ2v) is 7.39. The summed E-state index contributed by atoms with van der Waals surface area (Å²) in [6.07, 6.45) is -3.13. The molecule has 1 atom stereocenters. The molecule has 31 heavy (non-hydrogen) atoms. The number of ether oxygens (including phenoxy) is 1. The first kappa shape index (κ1) is 21.2. The van der Waals surface area contributed by atoms with Crippen LogP contribution in [0, 0.1) is 5.82 Å². The van der Waals surface area contributed by atoms with Crippen molar-refractivity contribution in [1.29, 1.82) is 0 Å². The van der Waals surface area contributed by atoms with Gasteiger partial charge in [0.05, 0.1) is 12.8 Å². The average Bonchev–Trinajstić information content (AvgIpc) is 3.15. The van der Waals surface area contributed by atoms with Crippen LogP contribution in [-0.2, 0) is 18.3 Å². The number of nitrogens with two attached hydrogens (primary N) is 1. The molecule has 1 unspecified atom stereocenters. The monoisotopic (exact) mass is 437 g/mol. The molecule has 0 bridgehead atoms. The summed E-state index contributed by atoms with van der Waals surface area (Å²) in [4.78, 5) is 17.3. The van der Waals surface area contributed by atoms with E-state index in [1.54, 1.807) is 30.2 Å². The van der Waals surface area contributed by atoms with E-state index in [1.165, 1.54) is 17.0 Å². The Morgan fingerprint density at radius 2 is 2.13 bits per heavy atom. The van der Waals surface area contributed by atoms with E-state index >= 15 is 4.39 Å². The molecule has 11 heteroatoms. The molecule has 2 N–H and O–H groups in total. The molecule has 1 aromatic carbocycles. The summed E-state index contributed by atoms with van der Waals surface area (Å²) in [6.45, 7) is -0.312. The summed E-state index contributed by atoms with van der Waals surface area (Å²) in [5.74, 6) is -1.53. The molecule has 7 nitrogen and oxygen atoms in total. The van der Waals surface area contributed by atoms with E-state index in [9.17, 15) is 18.0 Å². The van der Waals surface area contributed by atoms with Crippen LogP contribution >= 0.6 is 0 Å². The highest BCUT2D eigenvalue weighted by Gasteiger charge is 2.43. The predicted octanol–water partition coefficient (Wildman–Crippen LogP) is 2.64. The molecule has 1 amide bonds. The molecule has 4 rings (SSSR count).